The molecule has 0 aromatic carbocycles. The maximum absolute atomic E-state index is 9.60. The van der Waals surface area contributed by atoms with Gasteiger partial charge in [0.25, 0.3) is 0 Å². The summed E-state index contributed by atoms with van der Waals surface area (Å²) in [5.74, 6) is 0. The fraction of sp³-hybridized carbons (Fsp3) is 1.00. The van der Waals surface area contributed by atoms with E-state index in [-0.39, 0.29) is 11.7 Å². The average molecular weight is 218 g/mol. The number of nitrogens with zero attached hydrogens (tertiary/aromatic N) is 1. The molecule has 4 heteroatoms. The van der Waals surface area contributed by atoms with Crippen LogP contribution in [0.3, 0.4) is 0 Å². The van der Waals surface area contributed by atoms with Crippen LogP contribution < -0.4 is 5.32 Å². The van der Waals surface area contributed by atoms with Gasteiger partial charge in [-0.15, -0.1) is 0 Å². The molecule has 1 atom stereocenters. The molecule has 0 bridgehead atoms. The van der Waals surface area contributed by atoms with Crippen LogP contribution in [-0.2, 0) is 4.74 Å². The highest BCUT2D eigenvalue weighted by Gasteiger charge is 2.17. The van der Waals surface area contributed by atoms with E-state index >= 15 is 0 Å². The van der Waals surface area contributed by atoms with Gasteiger partial charge in [-0.2, -0.15) is 0 Å². The highest BCUT2D eigenvalue weighted by atomic mass is 16.5. The maximum atomic E-state index is 9.60. The monoisotopic (exact) mass is 218 g/mol. The van der Waals surface area contributed by atoms with Gasteiger partial charge in [-0.05, 0) is 34.9 Å². The first-order valence-electron chi connectivity index (χ1n) is 5.55. The molecule has 0 rings (SSSR count). The summed E-state index contributed by atoms with van der Waals surface area (Å²) in [5.41, 5.74) is -0.160. The summed E-state index contributed by atoms with van der Waals surface area (Å²) in [6, 6.07) is 0. The number of rotatable bonds is 8. The molecule has 0 amide bonds. The molecule has 0 aromatic heterocycles. The number of nitrogens with one attached hydrogen (secondary N) is 1. The van der Waals surface area contributed by atoms with Crippen LogP contribution >= 0.6 is 0 Å². The van der Waals surface area contributed by atoms with Crippen molar-refractivity contribution in [3.8, 4) is 0 Å². The molecule has 0 heterocycles. The molecule has 0 aliphatic carbocycles. The van der Waals surface area contributed by atoms with Crippen molar-refractivity contribution in [2.24, 2.45) is 0 Å². The lowest BCUT2D eigenvalue weighted by Gasteiger charge is -2.26. The summed E-state index contributed by atoms with van der Waals surface area (Å²) in [7, 11) is 3.90. The van der Waals surface area contributed by atoms with Crippen molar-refractivity contribution in [3.63, 3.8) is 0 Å². The second-order valence-electron chi connectivity index (χ2n) is 4.74. The van der Waals surface area contributed by atoms with Gasteiger partial charge >= 0.3 is 0 Å². The van der Waals surface area contributed by atoms with Crippen molar-refractivity contribution in [1.82, 2.24) is 10.2 Å². The van der Waals surface area contributed by atoms with E-state index in [1.807, 2.05) is 39.8 Å². The Morgan fingerprint density at radius 2 is 2.00 bits per heavy atom. The zero-order chi connectivity index (χ0) is 11.9. The van der Waals surface area contributed by atoms with E-state index in [1.54, 1.807) is 0 Å². The van der Waals surface area contributed by atoms with Crippen molar-refractivity contribution in [3.05, 3.63) is 0 Å². The Balaban J connectivity index is 3.60. The van der Waals surface area contributed by atoms with Gasteiger partial charge in [0.15, 0.2) is 0 Å². The lowest BCUT2D eigenvalue weighted by molar-refractivity contribution is -0.0107. The minimum atomic E-state index is -0.322. The predicted molar refractivity (Wildman–Crippen MR) is 63.1 cm³/mol. The van der Waals surface area contributed by atoms with Crippen molar-refractivity contribution in [2.45, 2.75) is 32.5 Å². The second kappa shape index (κ2) is 7.17. The lowest BCUT2D eigenvalue weighted by Crippen LogP contribution is -2.42. The first-order valence-corrected chi connectivity index (χ1v) is 5.55. The van der Waals surface area contributed by atoms with E-state index in [0.717, 1.165) is 13.2 Å². The van der Waals surface area contributed by atoms with E-state index in [9.17, 15) is 5.11 Å². The first kappa shape index (κ1) is 14.8. The molecular weight excluding hydrogens is 192 g/mol. The van der Waals surface area contributed by atoms with Crippen LogP contribution in [0.1, 0.15) is 20.8 Å². The normalized spacial score (nSPS) is 14.6. The third-order valence-corrected chi connectivity index (χ3v) is 2.04. The maximum Gasteiger partial charge on any atom is 0.0791 e. The number of aliphatic hydroxyl groups excluding tert-OH is 1. The number of ether oxygens (including phenoxy) is 1. The third-order valence-electron chi connectivity index (χ3n) is 2.04. The van der Waals surface area contributed by atoms with E-state index in [1.165, 1.54) is 0 Å². The smallest absolute Gasteiger partial charge is 0.0791 e. The van der Waals surface area contributed by atoms with Crippen LogP contribution in [0.4, 0.5) is 0 Å². The highest BCUT2D eigenvalue weighted by Crippen LogP contribution is 2.06. The van der Waals surface area contributed by atoms with Crippen molar-refractivity contribution < 1.29 is 9.84 Å². The molecule has 0 saturated carbocycles. The average Bonchev–Trinajstić information content (AvgIpc) is 2.01. The topological polar surface area (TPSA) is 44.7 Å². The Morgan fingerprint density at radius 1 is 1.40 bits per heavy atom. The molecule has 15 heavy (non-hydrogen) atoms. The molecule has 0 fully saturated rings. The molecule has 0 saturated heterocycles. The summed E-state index contributed by atoms with van der Waals surface area (Å²) >= 11 is 0. The zero-order valence-electron chi connectivity index (χ0n) is 10.7. The van der Waals surface area contributed by atoms with Crippen LogP contribution in [0, 0.1) is 0 Å². The molecule has 1 unspecified atom stereocenters. The van der Waals surface area contributed by atoms with Crippen LogP contribution in [0.5, 0.6) is 0 Å². The fourth-order valence-corrected chi connectivity index (χ4v) is 1.47. The molecule has 92 valence electrons. The van der Waals surface area contributed by atoms with Crippen molar-refractivity contribution >= 4 is 0 Å². The Kier molecular flexibility index (Phi) is 7.09. The van der Waals surface area contributed by atoms with E-state index in [4.69, 9.17) is 4.74 Å². The number of likely N-dealkylation sites (N-methyl/N-ethyl adjacent to an activating group) is 1. The summed E-state index contributed by atoms with van der Waals surface area (Å²) < 4.78 is 5.54. The molecule has 0 aromatic rings. The molecule has 0 aliphatic heterocycles. The molecular formula is C11H26N2O2. The third kappa shape index (κ3) is 8.81. The molecule has 0 radical (unpaired) electrons. The van der Waals surface area contributed by atoms with Crippen LogP contribution in [0.2, 0.25) is 0 Å². The molecule has 4 nitrogen and oxygen atoms in total. The molecule has 0 spiro atoms. The largest absolute Gasteiger partial charge is 0.390 e. The van der Waals surface area contributed by atoms with Gasteiger partial charge in [0, 0.05) is 26.2 Å². The van der Waals surface area contributed by atoms with Gasteiger partial charge in [-0.1, -0.05) is 0 Å². The Morgan fingerprint density at radius 3 is 2.47 bits per heavy atom. The standard InChI is InChI=1S/C11H26N2O2/c1-6-15-11(2,3)9-12-7-10(14)8-13(4)5/h10,12,14H,6-9H2,1-5H3. The Hall–Kier alpha value is -0.160. The predicted octanol–water partition coefficient (Wildman–Crippen LogP) is 0.314. The van der Waals surface area contributed by atoms with Gasteiger partial charge in [0.05, 0.1) is 11.7 Å². The number of aliphatic hydroxyl groups is 1. The van der Waals surface area contributed by atoms with E-state index < -0.39 is 0 Å². The minimum absolute atomic E-state index is 0.160. The van der Waals surface area contributed by atoms with Crippen LogP contribution in [0.25, 0.3) is 0 Å². The first-order chi connectivity index (χ1) is 6.87. The molecule has 2 N–H and O–H groups in total. The van der Waals surface area contributed by atoms with Crippen LogP contribution in [-0.4, -0.2) is 62.0 Å². The number of hydrogen-bond donors (Lipinski definition) is 2. The second-order valence-corrected chi connectivity index (χ2v) is 4.74. The van der Waals surface area contributed by atoms with Gasteiger partial charge in [-0.25, -0.2) is 0 Å². The summed E-state index contributed by atoms with van der Waals surface area (Å²) in [4.78, 5) is 1.97. The fourth-order valence-electron chi connectivity index (χ4n) is 1.47. The highest BCUT2D eigenvalue weighted by molar-refractivity contribution is 4.73. The summed E-state index contributed by atoms with van der Waals surface area (Å²) in [6.45, 7) is 8.84. The van der Waals surface area contributed by atoms with Crippen molar-refractivity contribution in [1.29, 1.82) is 0 Å². The Bertz CT molecular complexity index is 161. The van der Waals surface area contributed by atoms with E-state index in [0.29, 0.717) is 13.1 Å². The number of hydrogen-bond acceptors (Lipinski definition) is 4. The minimum Gasteiger partial charge on any atom is -0.390 e. The van der Waals surface area contributed by atoms with Crippen molar-refractivity contribution in [2.75, 3.05) is 40.3 Å². The van der Waals surface area contributed by atoms with E-state index in [2.05, 4.69) is 5.32 Å². The molecule has 0 aliphatic rings. The van der Waals surface area contributed by atoms with Crippen LogP contribution in [0.15, 0.2) is 0 Å². The van der Waals surface area contributed by atoms with Gasteiger partial charge < -0.3 is 20.1 Å². The quantitative estimate of drug-likeness (QED) is 0.615. The Labute approximate surface area is 93.6 Å². The summed E-state index contributed by atoms with van der Waals surface area (Å²) in [6.07, 6.45) is -0.322. The van der Waals surface area contributed by atoms with Gasteiger partial charge in [0.2, 0.25) is 0 Å². The zero-order valence-corrected chi connectivity index (χ0v) is 10.7. The van der Waals surface area contributed by atoms with Gasteiger partial charge in [0.1, 0.15) is 0 Å². The lowest BCUT2D eigenvalue weighted by atomic mass is 10.1. The van der Waals surface area contributed by atoms with Gasteiger partial charge in [-0.3, -0.25) is 0 Å². The SMILES string of the molecule is CCOC(C)(C)CNCC(O)CN(C)C. The summed E-state index contributed by atoms with van der Waals surface area (Å²) in [5, 5.41) is 12.8.